The van der Waals surface area contributed by atoms with Gasteiger partial charge in [-0.05, 0) is 87.9 Å². The molecule has 1 radical (unpaired) electrons. The van der Waals surface area contributed by atoms with E-state index in [-0.39, 0.29) is 37.2 Å². The fourth-order valence-corrected chi connectivity index (χ4v) is 9.75. The van der Waals surface area contributed by atoms with Gasteiger partial charge in [-0.25, -0.2) is 0 Å². The molecule has 5 aliphatic rings. The van der Waals surface area contributed by atoms with Gasteiger partial charge in [0, 0.05) is 23.5 Å². The van der Waals surface area contributed by atoms with Crippen LogP contribution < -0.4 is 29.0 Å². The van der Waals surface area contributed by atoms with E-state index in [0.29, 0.717) is 47.2 Å². The predicted octanol–water partition coefficient (Wildman–Crippen LogP) is 6.01. The van der Waals surface area contributed by atoms with E-state index in [1.165, 1.54) is 7.11 Å². The van der Waals surface area contributed by atoms with Crippen molar-refractivity contribution in [2.24, 2.45) is 11.8 Å². The maximum absolute atomic E-state index is 15.0. The van der Waals surface area contributed by atoms with Crippen molar-refractivity contribution in [3.63, 3.8) is 0 Å². The quantitative estimate of drug-likeness (QED) is 0.271. The summed E-state index contributed by atoms with van der Waals surface area (Å²) in [5, 5.41) is 17.8. The number of methoxy groups -OCH3 is 3. The van der Waals surface area contributed by atoms with E-state index >= 15 is 4.79 Å². The largest absolute Gasteiger partial charge is 0.493 e. The SMILES string of the molecule is CCCC(C(=O)N[C@@H]1c2cc3c(cc2[C@@H](c2cc(OC)c(OC)c(OC)c2)[C@H]2C(=O)OC[C@@H]21)OCO3)N(C(=O)C1=CC(C)(C)N([O])C1(C)C)C1CCCCC1. The molecule has 0 spiro atoms. The molecule has 13 heteroatoms. The van der Waals surface area contributed by atoms with Crippen LogP contribution in [-0.4, -0.2) is 85.6 Å². The van der Waals surface area contributed by atoms with Crippen molar-refractivity contribution in [1.29, 1.82) is 0 Å². The average Bonchev–Trinajstić information content (AvgIpc) is 3.85. The molecule has 0 bridgehead atoms. The van der Waals surface area contributed by atoms with Gasteiger partial charge in [-0.2, -0.15) is 0 Å². The molecule has 2 aromatic rings. The van der Waals surface area contributed by atoms with Crippen LogP contribution in [0.3, 0.4) is 0 Å². The van der Waals surface area contributed by atoms with Crippen molar-refractivity contribution in [2.75, 3.05) is 34.7 Å². The second-order valence-electron chi connectivity index (χ2n) is 16.5. The van der Waals surface area contributed by atoms with Crippen LogP contribution in [0.25, 0.3) is 0 Å². The highest BCUT2D eigenvalue weighted by atomic mass is 16.7. The maximum atomic E-state index is 15.0. The number of hydroxylamine groups is 2. The first-order valence-electron chi connectivity index (χ1n) is 19.5. The number of nitrogens with one attached hydrogen (secondary N) is 1. The lowest BCUT2D eigenvalue weighted by molar-refractivity contribution is -0.238. The average molecular weight is 761 g/mol. The summed E-state index contributed by atoms with van der Waals surface area (Å²) in [7, 11) is 4.62. The van der Waals surface area contributed by atoms with Crippen molar-refractivity contribution in [3.05, 3.63) is 52.6 Å². The molecule has 1 saturated carbocycles. The van der Waals surface area contributed by atoms with E-state index in [1.807, 2.05) is 45.0 Å². The number of carbonyl (C=O) groups is 3. The lowest BCUT2D eigenvalue weighted by atomic mass is 9.65. The molecular weight excluding hydrogens is 706 g/mol. The summed E-state index contributed by atoms with van der Waals surface area (Å²) >= 11 is 0. The van der Waals surface area contributed by atoms with Gasteiger partial charge < -0.3 is 38.6 Å². The molecule has 7 rings (SSSR count). The van der Waals surface area contributed by atoms with E-state index in [2.05, 4.69) is 5.32 Å². The fraction of sp³-hybridized carbons (Fsp3) is 0.595. The van der Waals surface area contributed by atoms with Gasteiger partial charge in [0.1, 0.15) is 6.04 Å². The Hall–Kier alpha value is -4.49. The summed E-state index contributed by atoms with van der Waals surface area (Å²) < 4.78 is 34.5. The third-order valence-corrected chi connectivity index (χ3v) is 12.4. The van der Waals surface area contributed by atoms with Gasteiger partial charge in [0.15, 0.2) is 23.0 Å². The van der Waals surface area contributed by atoms with Gasteiger partial charge in [-0.1, -0.05) is 38.7 Å². The van der Waals surface area contributed by atoms with Gasteiger partial charge in [0.05, 0.1) is 51.0 Å². The summed E-state index contributed by atoms with van der Waals surface area (Å²) in [5.41, 5.74) is 0.727. The highest BCUT2D eigenvalue weighted by Crippen LogP contribution is 2.56. The van der Waals surface area contributed by atoms with E-state index < -0.39 is 40.9 Å². The molecule has 297 valence electrons. The molecule has 55 heavy (non-hydrogen) atoms. The van der Waals surface area contributed by atoms with Crippen LogP contribution in [0.15, 0.2) is 35.9 Å². The molecule has 1 N–H and O–H groups in total. The molecule has 2 aliphatic carbocycles. The van der Waals surface area contributed by atoms with Crippen molar-refractivity contribution in [2.45, 2.75) is 115 Å². The second kappa shape index (κ2) is 14.9. The predicted molar refractivity (Wildman–Crippen MR) is 201 cm³/mol. The molecule has 2 aromatic carbocycles. The Morgan fingerprint density at radius 3 is 2.13 bits per heavy atom. The number of ether oxygens (including phenoxy) is 6. The standard InChI is InChI=1S/C42H54N3O10/c1-9-13-29(44(24-14-11-10-12-15-24)39(47)28-20-41(2,3)45(49)42(28,4)5)38(46)43-36-26-19-31-30(54-22-55-31)18-25(26)34(35-27(36)21-53-40(35)48)23-16-32(50-6)37(52-8)33(17-23)51-7/h16-20,24,27,29,34-36H,9-15,21-22H2,1-8H3,(H,43,46)/t27-,29?,34+,35-,36+/m0/s1. The van der Waals surface area contributed by atoms with Crippen LogP contribution in [0.4, 0.5) is 0 Å². The third-order valence-electron chi connectivity index (χ3n) is 12.4. The zero-order valence-electron chi connectivity index (χ0n) is 33.2. The van der Waals surface area contributed by atoms with E-state index in [0.717, 1.165) is 53.9 Å². The number of carbonyl (C=O) groups excluding carboxylic acids is 3. The Bertz CT molecular complexity index is 1840. The van der Waals surface area contributed by atoms with E-state index in [4.69, 9.17) is 28.4 Å². The Morgan fingerprint density at radius 2 is 1.56 bits per heavy atom. The highest BCUT2D eigenvalue weighted by Gasteiger charge is 2.55. The number of fused-ring (bicyclic) bond motifs is 3. The molecule has 3 aliphatic heterocycles. The van der Waals surface area contributed by atoms with Crippen molar-refractivity contribution in [1.82, 2.24) is 15.3 Å². The number of hydrogen-bond donors (Lipinski definition) is 1. The number of benzene rings is 2. The normalized spacial score (nSPS) is 25.6. The van der Waals surface area contributed by atoms with E-state index in [1.54, 1.807) is 39.0 Å². The molecule has 1 saturated heterocycles. The Kier molecular flexibility index (Phi) is 10.5. The topological polar surface area (TPSA) is 145 Å². The first-order valence-corrected chi connectivity index (χ1v) is 19.5. The van der Waals surface area contributed by atoms with Crippen LogP contribution in [-0.2, 0) is 24.3 Å². The molecule has 1 unspecified atom stereocenters. The summed E-state index contributed by atoms with van der Waals surface area (Å²) in [4.78, 5) is 45.6. The van der Waals surface area contributed by atoms with Gasteiger partial charge in [0.2, 0.25) is 18.4 Å². The summed E-state index contributed by atoms with van der Waals surface area (Å²) in [5.74, 6) is -0.249. The first-order chi connectivity index (χ1) is 26.3. The minimum atomic E-state index is -1.08. The van der Waals surface area contributed by atoms with Gasteiger partial charge >= 0.3 is 5.97 Å². The molecule has 2 amide bonds. The number of esters is 1. The Labute approximate surface area is 323 Å². The van der Waals surface area contributed by atoms with Crippen LogP contribution in [0, 0.1) is 11.8 Å². The summed E-state index contributed by atoms with van der Waals surface area (Å²) in [6, 6.07) is 5.83. The lowest BCUT2D eigenvalue weighted by Crippen LogP contribution is -2.58. The minimum Gasteiger partial charge on any atom is -0.493 e. The Morgan fingerprint density at radius 1 is 0.927 bits per heavy atom. The lowest BCUT2D eigenvalue weighted by Gasteiger charge is -2.43. The molecule has 5 atom stereocenters. The highest BCUT2D eigenvalue weighted by molar-refractivity contribution is 5.99. The Balaban J connectivity index is 1.32. The van der Waals surface area contributed by atoms with Crippen molar-refractivity contribution >= 4 is 17.8 Å². The summed E-state index contributed by atoms with van der Waals surface area (Å²) in [6.07, 6.45) is 7.35. The molecule has 13 nitrogen and oxygen atoms in total. The number of amides is 2. The zero-order chi connectivity index (χ0) is 39.4. The van der Waals surface area contributed by atoms with Gasteiger partial charge in [-0.3, -0.25) is 14.4 Å². The van der Waals surface area contributed by atoms with Crippen molar-refractivity contribution in [3.8, 4) is 28.7 Å². The van der Waals surface area contributed by atoms with Crippen LogP contribution in [0.5, 0.6) is 28.7 Å². The molecular formula is C42H54N3O10. The third kappa shape index (κ3) is 6.56. The van der Waals surface area contributed by atoms with Crippen LogP contribution in [0.1, 0.15) is 108 Å². The fourth-order valence-electron chi connectivity index (χ4n) is 9.75. The zero-order valence-corrected chi connectivity index (χ0v) is 33.2. The minimum absolute atomic E-state index is 0.0415. The maximum Gasteiger partial charge on any atom is 0.310 e. The first kappa shape index (κ1) is 38.8. The van der Waals surface area contributed by atoms with Gasteiger partial charge in [-0.15, -0.1) is 10.3 Å². The van der Waals surface area contributed by atoms with E-state index in [9.17, 15) is 14.8 Å². The number of cyclic esters (lactones) is 1. The van der Waals surface area contributed by atoms with Gasteiger partial charge in [0.25, 0.3) is 5.91 Å². The summed E-state index contributed by atoms with van der Waals surface area (Å²) in [6.45, 7) is 9.30. The molecule has 2 fully saturated rings. The number of hydrogen-bond acceptors (Lipinski definition) is 10. The molecule has 3 heterocycles. The number of nitrogens with zero attached hydrogens (tertiary/aromatic N) is 2. The van der Waals surface area contributed by atoms with Crippen LogP contribution >= 0.6 is 0 Å². The number of rotatable bonds is 11. The van der Waals surface area contributed by atoms with Crippen LogP contribution in [0.2, 0.25) is 0 Å². The smallest absolute Gasteiger partial charge is 0.310 e. The second-order valence-corrected chi connectivity index (χ2v) is 16.5. The van der Waals surface area contributed by atoms with Crippen molar-refractivity contribution < 1.29 is 48.0 Å². The molecule has 0 aromatic heterocycles. The monoisotopic (exact) mass is 760 g/mol.